The molecule has 49 heavy (non-hydrogen) atoms. The number of methoxy groups -OCH3 is 1. The quantitative estimate of drug-likeness (QED) is 0.216. The number of hydrogen-bond donors (Lipinski definition) is 1. The fourth-order valence-electron chi connectivity index (χ4n) is 15.3. The average molecular weight is 673 g/mol. The molecule has 0 radical (unpaired) electrons. The van der Waals surface area contributed by atoms with Gasteiger partial charge in [-0.1, -0.05) is 58.9 Å². The van der Waals surface area contributed by atoms with Crippen molar-refractivity contribution in [1.82, 2.24) is 10.2 Å². The summed E-state index contributed by atoms with van der Waals surface area (Å²) < 4.78 is 11.0. The van der Waals surface area contributed by atoms with Crippen LogP contribution in [0.25, 0.3) is 0 Å². The summed E-state index contributed by atoms with van der Waals surface area (Å²) in [6.45, 7) is 24.8. The van der Waals surface area contributed by atoms with E-state index in [2.05, 4.69) is 70.5 Å². The van der Waals surface area contributed by atoms with E-state index >= 15 is 0 Å². The van der Waals surface area contributed by atoms with Crippen LogP contribution in [0.15, 0.2) is 35.5 Å². The smallest absolute Gasteiger partial charge is 0.308 e. The van der Waals surface area contributed by atoms with Gasteiger partial charge in [0.1, 0.15) is 0 Å². The summed E-state index contributed by atoms with van der Waals surface area (Å²) in [6, 6.07) is 0.655. The second kappa shape index (κ2) is 12.1. The van der Waals surface area contributed by atoms with Gasteiger partial charge in [0.15, 0.2) is 0 Å². The first kappa shape index (κ1) is 34.6. The van der Waals surface area contributed by atoms with Crippen LogP contribution in [0.1, 0.15) is 125 Å². The van der Waals surface area contributed by atoms with Crippen molar-refractivity contribution in [1.29, 1.82) is 0 Å². The van der Waals surface area contributed by atoms with E-state index in [0.717, 1.165) is 50.8 Å². The lowest BCUT2D eigenvalue weighted by Gasteiger charge is -2.72. The van der Waals surface area contributed by atoms with Gasteiger partial charge in [-0.15, -0.1) is 0 Å². The second-order valence-corrected chi connectivity index (χ2v) is 19.9. The van der Waals surface area contributed by atoms with E-state index in [4.69, 9.17) is 9.47 Å². The second-order valence-electron chi connectivity index (χ2n) is 19.9. The topological polar surface area (TPSA) is 50.8 Å². The molecule has 6 aliphatic carbocycles. The molecule has 12 atom stereocenters. The summed E-state index contributed by atoms with van der Waals surface area (Å²) in [6.07, 6.45) is 21.6. The lowest BCUT2D eigenvalue weighted by molar-refractivity contribution is -0.221. The van der Waals surface area contributed by atoms with Gasteiger partial charge in [0, 0.05) is 31.2 Å². The van der Waals surface area contributed by atoms with Crippen LogP contribution < -0.4 is 5.32 Å². The highest BCUT2D eigenvalue weighted by Gasteiger charge is 2.70. The molecule has 0 aromatic rings. The van der Waals surface area contributed by atoms with Crippen molar-refractivity contribution in [2.24, 2.45) is 57.2 Å². The SMILES string of the molecule is C=C(C)[C@@H]1CC[C@]2(NCCN3C[C@@H]4CC3CO4)CC[C@]3(C)[C@H](CC[C@@H]4[C@@]5(C)CC=C(C6=CC[C@@H](C(=O)OC)CC6)C(C)(C)[C@@H]5CC[C@]43C)[C@@H]12. The molecule has 5 heteroatoms. The molecule has 2 bridgehead atoms. The Kier molecular flexibility index (Phi) is 8.52. The van der Waals surface area contributed by atoms with Crippen LogP contribution in [-0.2, 0) is 14.3 Å². The summed E-state index contributed by atoms with van der Waals surface area (Å²) in [7, 11) is 1.53. The molecule has 0 spiro atoms. The number of esters is 1. The number of hydrogen-bond acceptors (Lipinski definition) is 5. The number of nitrogens with zero attached hydrogens (tertiary/aromatic N) is 1. The maximum absolute atomic E-state index is 12.3. The molecule has 6 fully saturated rings. The Morgan fingerprint density at radius 3 is 2.49 bits per heavy atom. The fraction of sp³-hybridized carbons (Fsp3) is 0.841. The Morgan fingerprint density at radius 2 is 1.82 bits per heavy atom. The molecule has 5 nitrogen and oxygen atoms in total. The summed E-state index contributed by atoms with van der Waals surface area (Å²) in [5, 5.41) is 4.35. The molecule has 8 rings (SSSR count). The van der Waals surface area contributed by atoms with Gasteiger partial charge < -0.3 is 14.8 Å². The number of allylic oxidation sites excluding steroid dienone is 5. The zero-order valence-corrected chi connectivity index (χ0v) is 32.2. The minimum atomic E-state index is -0.0393. The van der Waals surface area contributed by atoms with Crippen LogP contribution in [0.2, 0.25) is 0 Å². The highest BCUT2D eigenvalue weighted by Crippen LogP contribution is 2.76. The summed E-state index contributed by atoms with van der Waals surface area (Å²) in [5.41, 5.74) is 6.04. The van der Waals surface area contributed by atoms with Crippen LogP contribution in [0.5, 0.6) is 0 Å². The third kappa shape index (κ3) is 5.03. The third-order valence-electron chi connectivity index (χ3n) is 17.8. The maximum atomic E-state index is 12.3. The molecular weight excluding hydrogens is 604 g/mol. The van der Waals surface area contributed by atoms with Gasteiger partial charge in [-0.2, -0.15) is 0 Å². The van der Waals surface area contributed by atoms with E-state index in [0.29, 0.717) is 46.1 Å². The largest absolute Gasteiger partial charge is 0.469 e. The molecule has 4 saturated carbocycles. The first-order valence-corrected chi connectivity index (χ1v) is 20.5. The third-order valence-corrected chi connectivity index (χ3v) is 17.8. The molecular formula is C44H68N2O3. The number of fused-ring (bicyclic) bond motifs is 9. The minimum absolute atomic E-state index is 0.0293. The first-order chi connectivity index (χ1) is 23.3. The van der Waals surface area contributed by atoms with Crippen molar-refractivity contribution in [3.63, 3.8) is 0 Å². The number of morpholine rings is 1. The standard InChI is InChI=1S/C44H68N2O3/c1-28(2)33-15-20-44(45-23-24-46-26-32-25-31(46)27-49-32)22-21-42(6)35(38(33)44)13-14-37-41(5)18-16-34(29-9-11-30(12-10-29)39(47)48-8)40(3,4)36(41)17-19-43(37,42)7/h9,16,30-33,35-38,45H,1,10-15,17-27H2,2-8H3/t30-,31?,32+,33+,35-,36+,37-,38-,41+,42-,43-,44+/m1/s1. The van der Waals surface area contributed by atoms with E-state index in [1.807, 2.05) is 0 Å². The van der Waals surface area contributed by atoms with E-state index < -0.39 is 0 Å². The van der Waals surface area contributed by atoms with Crippen molar-refractivity contribution in [3.8, 4) is 0 Å². The van der Waals surface area contributed by atoms with Crippen molar-refractivity contribution < 1.29 is 14.3 Å². The van der Waals surface area contributed by atoms with E-state index in [-0.39, 0.29) is 22.8 Å². The molecule has 1 unspecified atom stereocenters. The van der Waals surface area contributed by atoms with Crippen molar-refractivity contribution in [3.05, 3.63) is 35.5 Å². The molecule has 2 heterocycles. The Morgan fingerprint density at radius 1 is 1.00 bits per heavy atom. The molecule has 272 valence electrons. The van der Waals surface area contributed by atoms with Gasteiger partial charge in [-0.05, 0) is 153 Å². The fourth-order valence-corrected chi connectivity index (χ4v) is 15.3. The molecule has 2 aliphatic heterocycles. The predicted molar refractivity (Wildman–Crippen MR) is 198 cm³/mol. The van der Waals surface area contributed by atoms with Crippen molar-refractivity contribution in [2.45, 2.75) is 143 Å². The Balaban J connectivity index is 1.04. The zero-order chi connectivity index (χ0) is 34.6. The number of nitrogens with one attached hydrogen (secondary N) is 1. The lowest BCUT2D eigenvalue weighted by Crippen LogP contribution is -2.68. The van der Waals surface area contributed by atoms with Gasteiger partial charge >= 0.3 is 5.97 Å². The van der Waals surface area contributed by atoms with Crippen LogP contribution >= 0.6 is 0 Å². The summed E-state index contributed by atoms with van der Waals surface area (Å²) in [5.74, 6) is 3.59. The number of carbonyl (C=O) groups is 1. The van der Waals surface area contributed by atoms with Crippen LogP contribution in [0, 0.1) is 57.2 Å². The number of likely N-dealkylation sites (tertiary alicyclic amines) is 1. The van der Waals surface area contributed by atoms with Gasteiger partial charge in [0.25, 0.3) is 0 Å². The minimum Gasteiger partial charge on any atom is -0.469 e. The van der Waals surface area contributed by atoms with Gasteiger partial charge in [0.2, 0.25) is 0 Å². The normalized spacial score (nSPS) is 48.5. The molecule has 0 amide bonds. The molecule has 2 saturated heterocycles. The van der Waals surface area contributed by atoms with Gasteiger partial charge in [-0.25, -0.2) is 0 Å². The van der Waals surface area contributed by atoms with Crippen LogP contribution in [0.3, 0.4) is 0 Å². The number of rotatable bonds is 7. The summed E-state index contributed by atoms with van der Waals surface area (Å²) in [4.78, 5) is 15.0. The Labute approximate surface area is 298 Å². The average Bonchev–Trinajstić information content (AvgIpc) is 3.80. The molecule has 8 aliphatic rings. The monoisotopic (exact) mass is 673 g/mol. The van der Waals surface area contributed by atoms with E-state index in [9.17, 15) is 4.79 Å². The highest BCUT2D eigenvalue weighted by molar-refractivity contribution is 5.73. The molecule has 0 aromatic carbocycles. The predicted octanol–water partition coefficient (Wildman–Crippen LogP) is 8.89. The van der Waals surface area contributed by atoms with Crippen molar-refractivity contribution >= 4 is 5.97 Å². The zero-order valence-electron chi connectivity index (χ0n) is 32.2. The maximum Gasteiger partial charge on any atom is 0.308 e. The van der Waals surface area contributed by atoms with E-state index in [1.165, 1.54) is 89.0 Å². The summed E-state index contributed by atoms with van der Waals surface area (Å²) >= 11 is 0. The highest BCUT2D eigenvalue weighted by atomic mass is 16.5. The van der Waals surface area contributed by atoms with Crippen LogP contribution in [0.4, 0.5) is 0 Å². The van der Waals surface area contributed by atoms with Crippen molar-refractivity contribution in [2.75, 3.05) is 33.4 Å². The van der Waals surface area contributed by atoms with Crippen LogP contribution in [-0.4, -0.2) is 61.9 Å². The number of ether oxygens (including phenoxy) is 2. The lowest BCUT2D eigenvalue weighted by atomic mass is 9.33. The first-order valence-electron chi connectivity index (χ1n) is 20.5. The van der Waals surface area contributed by atoms with Gasteiger partial charge in [0.05, 0.1) is 25.7 Å². The Hall–Kier alpha value is -1.43. The molecule has 0 aromatic heterocycles. The van der Waals surface area contributed by atoms with E-state index in [1.54, 1.807) is 5.57 Å². The molecule has 1 N–H and O–H groups in total. The number of carbonyl (C=O) groups excluding carboxylic acids is 1. The Bertz CT molecular complexity index is 1410. The van der Waals surface area contributed by atoms with Gasteiger partial charge in [-0.3, -0.25) is 9.69 Å².